The van der Waals surface area contributed by atoms with Crippen LogP contribution in [0.4, 0.5) is 5.82 Å². The first-order chi connectivity index (χ1) is 10.1. The van der Waals surface area contributed by atoms with Gasteiger partial charge in [0.25, 0.3) is 0 Å². The molecule has 0 spiro atoms. The normalized spacial score (nSPS) is 27.5. The van der Waals surface area contributed by atoms with Gasteiger partial charge in [-0.3, -0.25) is 9.78 Å². The van der Waals surface area contributed by atoms with Crippen LogP contribution in [0.3, 0.4) is 0 Å². The molecule has 1 saturated carbocycles. The molecule has 0 amide bonds. The van der Waals surface area contributed by atoms with Gasteiger partial charge in [-0.1, -0.05) is 6.42 Å². The van der Waals surface area contributed by atoms with E-state index in [-0.39, 0.29) is 11.6 Å². The second kappa shape index (κ2) is 4.98. The molecule has 2 aliphatic rings. The van der Waals surface area contributed by atoms with Crippen molar-refractivity contribution in [1.82, 2.24) is 9.97 Å². The number of carboxylic acids is 1. The highest BCUT2D eigenvalue weighted by molar-refractivity contribution is 5.87. The Hall–Kier alpha value is -2.18. The standard InChI is InChI=1S/C14H17N3O4/c1-21-12(18)10-5-15-6-11(16-10)17-7-9-3-2-4-14(9,8-17)13(19)20/h5-6,9H,2-4,7-8H2,1H3,(H,19,20)/t9-,14+/m0/s1. The number of carboxylic acid groups (broad SMARTS) is 1. The van der Waals surface area contributed by atoms with Crippen LogP contribution in [-0.4, -0.2) is 47.2 Å². The minimum Gasteiger partial charge on any atom is -0.481 e. The zero-order valence-electron chi connectivity index (χ0n) is 11.8. The van der Waals surface area contributed by atoms with Crippen molar-refractivity contribution < 1.29 is 19.4 Å². The van der Waals surface area contributed by atoms with Crippen molar-refractivity contribution in [2.45, 2.75) is 19.3 Å². The molecule has 0 bridgehead atoms. The summed E-state index contributed by atoms with van der Waals surface area (Å²) < 4.78 is 4.63. The monoisotopic (exact) mass is 291 g/mol. The van der Waals surface area contributed by atoms with E-state index < -0.39 is 17.4 Å². The SMILES string of the molecule is COC(=O)c1cncc(N2C[C@@H]3CCC[C@@]3(C(=O)O)C2)n1. The highest BCUT2D eigenvalue weighted by Crippen LogP contribution is 2.49. The Balaban J connectivity index is 1.87. The predicted molar refractivity (Wildman–Crippen MR) is 73.0 cm³/mol. The van der Waals surface area contributed by atoms with Crippen LogP contribution in [0, 0.1) is 11.3 Å². The number of nitrogens with zero attached hydrogens (tertiary/aromatic N) is 3. The third kappa shape index (κ3) is 2.12. The first-order valence-corrected chi connectivity index (χ1v) is 6.95. The summed E-state index contributed by atoms with van der Waals surface area (Å²) in [7, 11) is 1.29. The van der Waals surface area contributed by atoms with Gasteiger partial charge in [0.2, 0.25) is 0 Å². The summed E-state index contributed by atoms with van der Waals surface area (Å²) in [4.78, 5) is 33.3. The number of rotatable bonds is 3. The van der Waals surface area contributed by atoms with Crippen LogP contribution in [0.15, 0.2) is 12.4 Å². The Kier molecular flexibility index (Phi) is 3.27. The van der Waals surface area contributed by atoms with Crippen LogP contribution in [0.5, 0.6) is 0 Å². The summed E-state index contributed by atoms with van der Waals surface area (Å²) in [6.45, 7) is 1.07. The molecule has 3 rings (SSSR count). The molecule has 2 fully saturated rings. The largest absolute Gasteiger partial charge is 0.481 e. The van der Waals surface area contributed by atoms with Crippen LogP contribution < -0.4 is 4.90 Å². The fraction of sp³-hybridized carbons (Fsp3) is 0.571. The van der Waals surface area contributed by atoms with Crippen molar-refractivity contribution in [3.05, 3.63) is 18.1 Å². The van der Waals surface area contributed by atoms with Crippen molar-refractivity contribution in [3.8, 4) is 0 Å². The second-order valence-electron chi connectivity index (χ2n) is 5.69. The minimum absolute atomic E-state index is 0.136. The Labute approximate surface area is 121 Å². The Morgan fingerprint density at radius 3 is 2.95 bits per heavy atom. The summed E-state index contributed by atoms with van der Waals surface area (Å²) in [5.74, 6) is -0.604. The molecule has 0 radical (unpaired) electrons. The number of fused-ring (bicyclic) bond motifs is 1. The number of methoxy groups -OCH3 is 1. The van der Waals surface area contributed by atoms with Gasteiger partial charge >= 0.3 is 11.9 Å². The van der Waals surface area contributed by atoms with E-state index in [0.717, 1.165) is 12.8 Å². The average Bonchev–Trinajstić information content (AvgIpc) is 3.04. The molecule has 21 heavy (non-hydrogen) atoms. The third-order valence-electron chi connectivity index (χ3n) is 4.64. The molecule has 1 saturated heterocycles. The van der Waals surface area contributed by atoms with Gasteiger partial charge in [-0.05, 0) is 18.8 Å². The number of hydrogen-bond donors (Lipinski definition) is 1. The lowest BCUT2D eigenvalue weighted by Gasteiger charge is -2.23. The fourth-order valence-electron chi connectivity index (χ4n) is 3.52. The molecule has 0 unspecified atom stereocenters. The van der Waals surface area contributed by atoms with E-state index in [9.17, 15) is 14.7 Å². The summed E-state index contributed by atoms with van der Waals surface area (Å²) >= 11 is 0. The summed E-state index contributed by atoms with van der Waals surface area (Å²) in [6, 6.07) is 0. The molecule has 1 aliphatic carbocycles. The molecule has 1 N–H and O–H groups in total. The summed E-state index contributed by atoms with van der Waals surface area (Å²) in [5, 5.41) is 9.58. The molecule has 7 heteroatoms. The quantitative estimate of drug-likeness (QED) is 0.829. The van der Waals surface area contributed by atoms with E-state index in [0.29, 0.717) is 25.3 Å². The number of carbonyl (C=O) groups excluding carboxylic acids is 1. The predicted octanol–water partition coefficient (Wildman–Crippen LogP) is 0.954. The summed E-state index contributed by atoms with van der Waals surface area (Å²) in [5.41, 5.74) is -0.542. The topological polar surface area (TPSA) is 92.6 Å². The smallest absolute Gasteiger partial charge is 0.358 e. The van der Waals surface area contributed by atoms with E-state index in [2.05, 4.69) is 14.7 Å². The average molecular weight is 291 g/mol. The number of ether oxygens (including phenoxy) is 1. The lowest BCUT2D eigenvalue weighted by Crippen LogP contribution is -2.35. The van der Waals surface area contributed by atoms with Crippen LogP contribution in [-0.2, 0) is 9.53 Å². The van der Waals surface area contributed by atoms with E-state index in [1.54, 1.807) is 6.20 Å². The highest BCUT2D eigenvalue weighted by atomic mass is 16.5. The van der Waals surface area contributed by atoms with Gasteiger partial charge < -0.3 is 14.7 Å². The zero-order valence-corrected chi connectivity index (χ0v) is 11.8. The van der Waals surface area contributed by atoms with E-state index in [4.69, 9.17) is 0 Å². The van der Waals surface area contributed by atoms with Gasteiger partial charge in [0.05, 0.1) is 24.9 Å². The molecule has 1 aliphatic heterocycles. The van der Waals surface area contributed by atoms with Crippen molar-refractivity contribution in [1.29, 1.82) is 0 Å². The molecule has 2 heterocycles. The lowest BCUT2D eigenvalue weighted by molar-refractivity contribution is -0.149. The van der Waals surface area contributed by atoms with E-state index in [1.807, 2.05) is 4.90 Å². The number of aromatic nitrogens is 2. The van der Waals surface area contributed by atoms with Crippen molar-refractivity contribution in [2.24, 2.45) is 11.3 Å². The van der Waals surface area contributed by atoms with Crippen LogP contribution in [0.2, 0.25) is 0 Å². The molecule has 7 nitrogen and oxygen atoms in total. The van der Waals surface area contributed by atoms with Crippen molar-refractivity contribution >= 4 is 17.8 Å². The van der Waals surface area contributed by atoms with Crippen molar-refractivity contribution in [2.75, 3.05) is 25.1 Å². The molecule has 2 atom stereocenters. The van der Waals surface area contributed by atoms with Crippen LogP contribution in [0.25, 0.3) is 0 Å². The highest BCUT2D eigenvalue weighted by Gasteiger charge is 2.55. The maximum Gasteiger partial charge on any atom is 0.358 e. The second-order valence-corrected chi connectivity index (χ2v) is 5.69. The van der Waals surface area contributed by atoms with Gasteiger partial charge in [-0.15, -0.1) is 0 Å². The number of esters is 1. The van der Waals surface area contributed by atoms with Gasteiger partial charge in [-0.2, -0.15) is 0 Å². The number of anilines is 1. The number of hydrogen-bond acceptors (Lipinski definition) is 6. The van der Waals surface area contributed by atoms with Gasteiger partial charge in [0, 0.05) is 13.1 Å². The third-order valence-corrected chi connectivity index (χ3v) is 4.64. The van der Waals surface area contributed by atoms with Crippen LogP contribution >= 0.6 is 0 Å². The molecular weight excluding hydrogens is 274 g/mol. The first kappa shape index (κ1) is 13.8. The number of carbonyl (C=O) groups is 2. The molecule has 1 aromatic heterocycles. The fourth-order valence-corrected chi connectivity index (χ4v) is 3.52. The Morgan fingerprint density at radius 2 is 2.29 bits per heavy atom. The molecular formula is C14H17N3O4. The van der Waals surface area contributed by atoms with E-state index >= 15 is 0 Å². The van der Waals surface area contributed by atoms with E-state index in [1.165, 1.54) is 13.3 Å². The number of aliphatic carboxylic acids is 1. The van der Waals surface area contributed by atoms with Crippen molar-refractivity contribution in [3.63, 3.8) is 0 Å². The Morgan fingerprint density at radius 1 is 1.48 bits per heavy atom. The maximum atomic E-state index is 11.7. The van der Waals surface area contributed by atoms with Gasteiger partial charge in [0.1, 0.15) is 5.82 Å². The van der Waals surface area contributed by atoms with Gasteiger partial charge in [0.15, 0.2) is 5.69 Å². The molecule has 1 aromatic rings. The molecule has 0 aromatic carbocycles. The minimum atomic E-state index is -0.732. The zero-order chi connectivity index (χ0) is 15.0. The van der Waals surface area contributed by atoms with Crippen LogP contribution in [0.1, 0.15) is 29.8 Å². The lowest BCUT2D eigenvalue weighted by atomic mass is 9.81. The molecule has 112 valence electrons. The first-order valence-electron chi connectivity index (χ1n) is 6.95. The van der Waals surface area contributed by atoms with Gasteiger partial charge in [-0.25, -0.2) is 9.78 Å². The Bertz CT molecular complexity index is 591. The summed E-state index contributed by atoms with van der Waals surface area (Å²) in [6.07, 6.45) is 5.49. The maximum absolute atomic E-state index is 11.7.